The third-order valence-electron chi connectivity index (χ3n) is 4.17. The van der Waals surface area contributed by atoms with Gasteiger partial charge in [-0.15, -0.1) is 0 Å². The minimum atomic E-state index is -0.740. The molecule has 1 N–H and O–H groups in total. The average molecular weight is 355 g/mol. The van der Waals surface area contributed by atoms with Gasteiger partial charge in [0.1, 0.15) is 6.54 Å². The molecule has 1 heterocycles. The van der Waals surface area contributed by atoms with Gasteiger partial charge in [0.15, 0.2) is 5.58 Å². The Morgan fingerprint density at radius 2 is 2.08 bits per heavy atom. The predicted octanol–water partition coefficient (Wildman–Crippen LogP) is 3.01. The van der Waals surface area contributed by atoms with Gasteiger partial charge in [0.05, 0.1) is 10.4 Å². The first kappa shape index (κ1) is 17.4. The molecule has 1 amide bonds. The summed E-state index contributed by atoms with van der Waals surface area (Å²) >= 11 is 0. The second-order valence-electron chi connectivity index (χ2n) is 5.87. The van der Waals surface area contributed by atoms with Crippen molar-refractivity contribution >= 4 is 28.4 Å². The summed E-state index contributed by atoms with van der Waals surface area (Å²) in [4.78, 5) is 34.9. The maximum atomic E-state index is 12.5. The predicted molar refractivity (Wildman–Crippen MR) is 96.3 cm³/mol. The Morgan fingerprint density at radius 1 is 1.31 bits per heavy atom. The van der Waals surface area contributed by atoms with Gasteiger partial charge < -0.3 is 9.73 Å². The lowest BCUT2D eigenvalue weighted by atomic mass is 10.1. The van der Waals surface area contributed by atoms with E-state index >= 15 is 0 Å². The molecule has 0 atom stereocenters. The van der Waals surface area contributed by atoms with Gasteiger partial charge in [0.2, 0.25) is 5.91 Å². The van der Waals surface area contributed by atoms with Crippen LogP contribution in [0.3, 0.4) is 0 Å². The third-order valence-corrected chi connectivity index (χ3v) is 4.17. The van der Waals surface area contributed by atoms with E-state index in [9.17, 15) is 19.7 Å². The van der Waals surface area contributed by atoms with E-state index in [1.807, 2.05) is 32.0 Å². The monoisotopic (exact) mass is 355 g/mol. The summed E-state index contributed by atoms with van der Waals surface area (Å²) in [6, 6.07) is 9.54. The van der Waals surface area contributed by atoms with Crippen LogP contribution in [0.4, 0.5) is 11.4 Å². The number of anilines is 1. The molecular weight excluding hydrogens is 338 g/mol. The first-order chi connectivity index (χ1) is 12.4. The number of nitro groups is 1. The second kappa shape index (κ2) is 6.83. The number of nitrogens with one attached hydrogen (secondary N) is 1. The summed E-state index contributed by atoms with van der Waals surface area (Å²) in [7, 11) is 0. The fourth-order valence-electron chi connectivity index (χ4n) is 2.84. The van der Waals surface area contributed by atoms with Crippen molar-refractivity contribution in [3.63, 3.8) is 0 Å². The highest BCUT2D eigenvalue weighted by Crippen LogP contribution is 2.22. The zero-order chi connectivity index (χ0) is 18.8. The highest BCUT2D eigenvalue weighted by Gasteiger charge is 2.17. The van der Waals surface area contributed by atoms with Gasteiger partial charge in [-0.3, -0.25) is 19.5 Å². The van der Waals surface area contributed by atoms with Crippen LogP contribution in [0.15, 0.2) is 45.6 Å². The largest absolute Gasteiger partial charge is 0.420 e. The van der Waals surface area contributed by atoms with Crippen LogP contribution >= 0.6 is 0 Å². The lowest BCUT2D eigenvalue weighted by Crippen LogP contribution is -2.25. The lowest BCUT2D eigenvalue weighted by Gasteiger charge is -2.13. The van der Waals surface area contributed by atoms with Crippen LogP contribution in [-0.4, -0.2) is 15.4 Å². The van der Waals surface area contributed by atoms with Crippen LogP contribution in [0.1, 0.15) is 18.1 Å². The number of carbonyl (C=O) groups excluding carboxylic acids is 1. The molecule has 0 bridgehead atoms. The molecule has 1 aromatic heterocycles. The summed E-state index contributed by atoms with van der Waals surface area (Å²) in [6.45, 7) is 3.57. The third kappa shape index (κ3) is 3.21. The van der Waals surface area contributed by atoms with E-state index in [1.165, 1.54) is 18.2 Å². The summed E-state index contributed by atoms with van der Waals surface area (Å²) in [5.41, 5.74) is 2.83. The number of aromatic nitrogens is 1. The number of rotatable bonds is 5. The maximum absolute atomic E-state index is 12.5. The normalized spacial score (nSPS) is 10.8. The molecule has 8 heteroatoms. The fraction of sp³-hybridized carbons (Fsp3) is 0.222. The molecule has 0 spiro atoms. The quantitative estimate of drug-likeness (QED) is 0.559. The number of amides is 1. The van der Waals surface area contributed by atoms with Crippen molar-refractivity contribution in [3.8, 4) is 0 Å². The van der Waals surface area contributed by atoms with E-state index in [1.54, 1.807) is 0 Å². The number of fused-ring (bicyclic) bond motifs is 1. The highest BCUT2D eigenvalue weighted by molar-refractivity contribution is 5.93. The molecule has 2 aromatic carbocycles. The fourth-order valence-corrected chi connectivity index (χ4v) is 2.84. The Bertz CT molecular complexity index is 1060. The van der Waals surface area contributed by atoms with Crippen molar-refractivity contribution in [2.75, 3.05) is 5.32 Å². The number of hydrogen-bond acceptors (Lipinski definition) is 5. The minimum absolute atomic E-state index is 0.181. The molecule has 0 saturated carbocycles. The van der Waals surface area contributed by atoms with Crippen molar-refractivity contribution in [1.82, 2.24) is 4.57 Å². The molecule has 0 saturated heterocycles. The van der Waals surface area contributed by atoms with Gasteiger partial charge >= 0.3 is 5.76 Å². The van der Waals surface area contributed by atoms with Crippen LogP contribution in [0.2, 0.25) is 0 Å². The molecule has 26 heavy (non-hydrogen) atoms. The molecule has 134 valence electrons. The van der Waals surface area contributed by atoms with Gasteiger partial charge in [0.25, 0.3) is 5.69 Å². The van der Waals surface area contributed by atoms with E-state index in [4.69, 9.17) is 4.42 Å². The smallest absolute Gasteiger partial charge is 0.408 e. The number of hydrogen-bond donors (Lipinski definition) is 1. The number of nitro benzene ring substituents is 1. The van der Waals surface area contributed by atoms with Crippen LogP contribution in [0.5, 0.6) is 0 Å². The Balaban J connectivity index is 1.93. The number of oxazole rings is 1. The van der Waals surface area contributed by atoms with Crippen molar-refractivity contribution in [2.24, 2.45) is 0 Å². The van der Waals surface area contributed by atoms with Crippen LogP contribution in [0, 0.1) is 17.0 Å². The van der Waals surface area contributed by atoms with Gasteiger partial charge in [-0.25, -0.2) is 4.79 Å². The molecule has 0 fully saturated rings. The van der Waals surface area contributed by atoms with E-state index in [2.05, 4.69) is 5.32 Å². The zero-order valence-corrected chi connectivity index (χ0v) is 14.3. The minimum Gasteiger partial charge on any atom is -0.408 e. The molecule has 0 unspecified atom stereocenters. The molecule has 3 aromatic rings. The van der Waals surface area contributed by atoms with Crippen molar-refractivity contribution in [1.29, 1.82) is 0 Å². The van der Waals surface area contributed by atoms with E-state index in [-0.39, 0.29) is 23.3 Å². The summed E-state index contributed by atoms with van der Waals surface area (Å²) in [5.74, 6) is -1.15. The molecular formula is C18H17N3O5. The number of benzene rings is 2. The Labute approximate surface area is 148 Å². The van der Waals surface area contributed by atoms with Gasteiger partial charge in [-0.05, 0) is 30.5 Å². The number of nitrogens with zero attached hydrogens (tertiary/aromatic N) is 2. The number of aryl methyl sites for hydroxylation is 2. The number of para-hydroxylation sites is 1. The zero-order valence-electron chi connectivity index (χ0n) is 14.3. The van der Waals surface area contributed by atoms with Crippen molar-refractivity contribution in [2.45, 2.75) is 26.8 Å². The highest BCUT2D eigenvalue weighted by atomic mass is 16.6. The van der Waals surface area contributed by atoms with Gasteiger partial charge in [-0.2, -0.15) is 0 Å². The summed E-state index contributed by atoms with van der Waals surface area (Å²) in [5, 5.41) is 13.8. The lowest BCUT2D eigenvalue weighted by molar-refractivity contribution is -0.384. The number of non-ortho nitro benzene ring substituents is 1. The molecule has 0 radical (unpaired) electrons. The molecule has 0 aliphatic rings. The van der Waals surface area contributed by atoms with Crippen LogP contribution < -0.4 is 11.1 Å². The van der Waals surface area contributed by atoms with Gasteiger partial charge in [0, 0.05) is 17.8 Å². The summed E-state index contributed by atoms with van der Waals surface area (Å²) < 4.78 is 6.14. The topological polar surface area (TPSA) is 107 Å². The van der Waals surface area contributed by atoms with E-state index < -0.39 is 16.6 Å². The maximum Gasteiger partial charge on any atom is 0.420 e. The SMILES string of the molecule is CCc1cccc(C)c1NC(=O)Cn1c(=O)oc2ccc([N+](=O)[O-])cc21. The van der Waals surface area contributed by atoms with E-state index in [0.29, 0.717) is 5.69 Å². The number of carbonyl (C=O) groups is 1. The second-order valence-corrected chi connectivity index (χ2v) is 5.87. The first-order valence-corrected chi connectivity index (χ1v) is 8.06. The molecule has 0 aliphatic carbocycles. The average Bonchev–Trinajstić information content (AvgIpc) is 2.91. The summed E-state index contributed by atoms with van der Waals surface area (Å²) in [6.07, 6.45) is 0.748. The van der Waals surface area contributed by atoms with Gasteiger partial charge in [-0.1, -0.05) is 25.1 Å². The Hall–Kier alpha value is -3.42. The standard InChI is InChI=1S/C18H17N3O5/c1-3-12-6-4-5-11(2)17(12)19-16(22)10-20-14-9-13(21(24)25)7-8-15(14)26-18(20)23/h4-9H,3,10H2,1-2H3,(H,19,22). The Kier molecular flexibility index (Phi) is 4.57. The van der Waals surface area contributed by atoms with E-state index in [0.717, 1.165) is 22.1 Å². The first-order valence-electron chi connectivity index (χ1n) is 8.06. The van der Waals surface area contributed by atoms with Crippen LogP contribution in [-0.2, 0) is 17.8 Å². The molecule has 8 nitrogen and oxygen atoms in total. The van der Waals surface area contributed by atoms with Crippen molar-refractivity contribution in [3.05, 3.63) is 68.2 Å². The molecule has 0 aliphatic heterocycles. The molecule has 3 rings (SSSR count). The van der Waals surface area contributed by atoms with Crippen LogP contribution in [0.25, 0.3) is 11.1 Å². The Morgan fingerprint density at radius 3 is 2.77 bits per heavy atom. The van der Waals surface area contributed by atoms with Crippen molar-refractivity contribution < 1.29 is 14.1 Å².